The number of hydrogen-bond donors (Lipinski definition) is 0. The minimum atomic E-state index is -0.102. The van der Waals surface area contributed by atoms with E-state index in [1.807, 2.05) is 24.4 Å². The quantitative estimate of drug-likeness (QED) is 0.166. The number of benzene rings is 7. The van der Waals surface area contributed by atoms with Crippen LogP contribution in [0.1, 0.15) is 37.8 Å². The number of ketones is 1. The number of hydrogen-bond acceptors (Lipinski definition) is 5. The van der Waals surface area contributed by atoms with Crippen LogP contribution in [-0.2, 0) is 9.53 Å². The summed E-state index contributed by atoms with van der Waals surface area (Å²) in [7, 11) is 0. The molecule has 314 valence electrons. The second-order valence-electron chi connectivity index (χ2n) is 18.1. The Balaban J connectivity index is 1.15. The lowest BCUT2D eigenvalue weighted by atomic mass is 9.74. The number of Topliss-reactive ketones (excluding diaryl/α,β-unsaturated/α-hetero) is 1. The maximum Gasteiger partial charge on any atom is 0.236 e. The first-order valence-corrected chi connectivity index (χ1v) is 23.2. The Morgan fingerprint density at radius 2 is 1.41 bits per heavy atom. The monoisotopic (exact) mass is 852 g/mol. The number of pyridine rings is 1. The molecule has 14 rings (SSSR count). The number of furan rings is 1. The van der Waals surface area contributed by atoms with E-state index in [4.69, 9.17) is 14.1 Å². The molecule has 0 saturated heterocycles. The van der Waals surface area contributed by atoms with Gasteiger partial charge in [-0.2, -0.15) is 0 Å². The molecule has 0 N–H and O–H groups in total. The fraction of sp³-hybridized carbons (Fsp3) is 0.117. The number of para-hydroxylation sites is 6. The summed E-state index contributed by atoms with van der Waals surface area (Å²) in [5.74, 6) is 0.847. The number of aromatic nitrogens is 1. The number of carbonyl (C=O) groups is 1. The van der Waals surface area contributed by atoms with Crippen LogP contribution in [0.4, 0.5) is 28.4 Å². The molecule has 2 unspecified atom stereocenters. The number of ether oxygens (including phenoxy) is 1. The molecule has 2 atom stereocenters. The smallest absolute Gasteiger partial charge is 0.236 e. The average molecular weight is 853 g/mol. The van der Waals surface area contributed by atoms with Gasteiger partial charge in [-0.1, -0.05) is 110 Å². The molecule has 5 aliphatic rings. The van der Waals surface area contributed by atoms with Gasteiger partial charge in [-0.15, -0.1) is 4.58 Å². The van der Waals surface area contributed by atoms with Crippen LogP contribution in [0.5, 0.6) is 0 Å². The second-order valence-corrected chi connectivity index (χ2v) is 18.1. The fourth-order valence-electron chi connectivity index (χ4n) is 11.6. The highest BCUT2D eigenvalue weighted by atomic mass is 16.5. The van der Waals surface area contributed by atoms with Gasteiger partial charge in [0.15, 0.2) is 5.78 Å². The highest BCUT2D eigenvalue weighted by Crippen LogP contribution is 2.48. The normalized spacial score (nSPS) is 18.1. The van der Waals surface area contributed by atoms with Crippen molar-refractivity contribution in [3.8, 4) is 22.3 Å². The highest BCUT2D eigenvalue weighted by Gasteiger charge is 2.42. The zero-order valence-electron chi connectivity index (χ0n) is 36.1. The molecule has 0 bridgehead atoms. The molecule has 6 nitrogen and oxygen atoms in total. The molecule has 1 saturated carbocycles. The van der Waals surface area contributed by atoms with E-state index in [1.54, 1.807) is 0 Å². The minimum Gasteiger partial charge on any atom is -0.489 e. The number of anilines is 3. The van der Waals surface area contributed by atoms with Gasteiger partial charge in [0.2, 0.25) is 16.7 Å². The van der Waals surface area contributed by atoms with Crippen molar-refractivity contribution < 1.29 is 13.9 Å². The molecular formula is C60H42N3O3+. The van der Waals surface area contributed by atoms with E-state index in [2.05, 4.69) is 167 Å². The van der Waals surface area contributed by atoms with E-state index in [1.165, 1.54) is 0 Å². The Morgan fingerprint density at radius 1 is 0.621 bits per heavy atom. The molecule has 4 heterocycles. The van der Waals surface area contributed by atoms with Crippen LogP contribution >= 0.6 is 0 Å². The fourth-order valence-corrected chi connectivity index (χ4v) is 11.6. The van der Waals surface area contributed by atoms with Gasteiger partial charge in [-0.25, -0.2) is 0 Å². The summed E-state index contributed by atoms with van der Waals surface area (Å²) in [4.78, 5) is 22.3. The Morgan fingerprint density at radius 3 is 2.32 bits per heavy atom. The summed E-state index contributed by atoms with van der Waals surface area (Å²) in [6, 6.07) is 60.6. The van der Waals surface area contributed by atoms with Gasteiger partial charge in [0.1, 0.15) is 34.4 Å². The minimum absolute atomic E-state index is 0.0880. The molecule has 9 aromatic rings. The first-order valence-electron chi connectivity index (χ1n) is 23.2. The van der Waals surface area contributed by atoms with Gasteiger partial charge >= 0.3 is 0 Å². The lowest BCUT2D eigenvalue weighted by Crippen LogP contribution is -2.39. The summed E-state index contributed by atoms with van der Waals surface area (Å²) < 4.78 is 15.9. The van der Waals surface area contributed by atoms with Crippen LogP contribution < -0.4 is 20.1 Å². The third-order valence-electron chi connectivity index (χ3n) is 14.6. The van der Waals surface area contributed by atoms with Crippen molar-refractivity contribution in [2.75, 3.05) is 4.90 Å². The molecule has 0 radical (unpaired) electrons. The lowest BCUT2D eigenvalue weighted by molar-refractivity contribution is -0.127. The first kappa shape index (κ1) is 37.3. The number of rotatable bonds is 3. The van der Waals surface area contributed by atoms with Crippen LogP contribution in [0, 0.1) is 16.4 Å². The van der Waals surface area contributed by atoms with E-state index in [-0.39, 0.29) is 17.8 Å². The number of carbonyl (C=O) groups excluding carboxylic acids is 1. The van der Waals surface area contributed by atoms with Crippen molar-refractivity contribution in [1.29, 1.82) is 0 Å². The van der Waals surface area contributed by atoms with Gasteiger partial charge in [-0.3, -0.25) is 14.7 Å². The van der Waals surface area contributed by atoms with Gasteiger partial charge in [0, 0.05) is 75.6 Å². The third-order valence-corrected chi connectivity index (χ3v) is 14.6. The number of nitrogens with zero attached hydrogens (tertiary/aromatic N) is 3. The summed E-state index contributed by atoms with van der Waals surface area (Å²) in [5.41, 5.74) is 15.0. The summed E-state index contributed by atoms with van der Waals surface area (Å²) in [5, 5.41) is 6.48. The molecule has 7 aromatic carbocycles. The van der Waals surface area contributed by atoms with Crippen LogP contribution in [0.3, 0.4) is 0 Å². The second kappa shape index (κ2) is 14.5. The summed E-state index contributed by atoms with van der Waals surface area (Å²) >= 11 is 0. The Bertz CT molecular complexity index is 3870. The maximum atomic E-state index is 14.7. The maximum absolute atomic E-state index is 14.7. The largest absolute Gasteiger partial charge is 0.489 e. The van der Waals surface area contributed by atoms with Crippen molar-refractivity contribution in [1.82, 2.24) is 9.56 Å². The van der Waals surface area contributed by atoms with Crippen LogP contribution in [0.25, 0.3) is 55.3 Å². The van der Waals surface area contributed by atoms with E-state index in [9.17, 15) is 4.79 Å². The molecule has 1 fully saturated rings. The Hall–Kier alpha value is -8.09. The predicted molar refractivity (Wildman–Crippen MR) is 262 cm³/mol. The standard InChI is InChI=1S/C60H42N3O3/c64-59-44-20-8-12-27-56(44)65-57-35-49-46(32-50(57)59)45-31-36(39-21-13-22-43-41-19-7-11-26-55(41)66-60(39)43)28-29-40(45)47-33-53-54(34-48(47)42-23-14-30-61-58(42)49)63(38-17-5-2-6-18-38)52-25-10-9-24-51(52)62(53)37-15-3-1-4-16-37/h1-7,9-11,13-19,21-26,28-31,33-35,44,56H,8,12,20,27,32H2/q+1. The lowest BCUT2D eigenvalue weighted by Gasteiger charge is -2.38. The van der Waals surface area contributed by atoms with Crippen molar-refractivity contribution in [2.45, 2.75) is 38.2 Å². The zero-order valence-corrected chi connectivity index (χ0v) is 36.1. The van der Waals surface area contributed by atoms with Gasteiger partial charge < -0.3 is 9.15 Å². The Labute approximate surface area is 380 Å². The third kappa shape index (κ3) is 5.51. The summed E-state index contributed by atoms with van der Waals surface area (Å²) in [6.07, 6.45) is 8.32. The number of fused-ring (bicyclic) bond motifs is 12. The van der Waals surface area contributed by atoms with E-state index < -0.39 is 0 Å². The van der Waals surface area contributed by atoms with Crippen LogP contribution in [0.2, 0.25) is 0 Å². The van der Waals surface area contributed by atoms with Crippen LogP contribution in [0.15, 0.2) is 198 Å². The highest BCUT2D eigenvalue weighted by molar-refractivity contribution is 6.11. The van der Waals surface area contributed by atoms with Crippen molar-refractivity contribution >= 4 is 67.3 Å². The Kier molecular flexibility index (Phi) is 8.17. The topological polar surface area (TPSA) is 58.6 Å². The van der Waals surface area contributed by atoms with E-state index in [0.717, 1.165) is 142 Å². The predicted octanol–water partition coefficient (Wildman–Crippen LogP) is 12.9. The van der Waals surface area contributed by atoms with Gasteiger partial charge in [0.05, 0.1) is 11.6 Å². The number of allylic oxidation sites excluding steroid dienone is 3. The van der Waals surface area contributed by atoms with Gasteiger partial charge in [-0.05, 0) is 100 Å². The molecule has 66 heavy (non-hydrogen) atoms. The zero-order chi connectivity index (χ0) is 43.5. The van der Waals surface area contributed by atoms with E-state index in [0.29, 0.717) is 12.2 Å². The van der Waals surface area contributed by atoms with Crippen molar-refractivity contribution in [3.05, 3.63) is 220 Å². The van der Waals surface area contributed by atoms with Crippen molar-refractivity contribution in [3.63, 3.8) is 0 Å². The molecule has 3 aliphatic carbocycles. The molecule has 0 spiro atoms. The SMILES string of the molecule is O=C1C2=C(C=C3C(=c4cc(-c5cccc6c5oc5ccccc56)ccc4=c4cc5c(cc4-c4cccnc43)=[N+](c3ccccc3)c3ccccc3N5c3ccccc3)C2)OC2CCCCC12. The van der Waals surface area contributed by atoms with Crippen LogP contribution in [-0.4, -0.2) is 16.9 Å². The van der Waals surface area contributed by atoms with E-state index >= 15 is 0 Å². The van der Waals surface area contributed by atoms with Crippen molar-refractivity contribution in [2.24, 2.45) is 5.92 Å². The van der Waals surface area contributed by atoms with Gasteiger partial charge in [0.25, 0.3) is 0 Å². The average Bonchev–Trinajstić information content (AvgIpc) is 3.76. The first-order chi connectivity index (χ1) is 32.7. The molecule has 6 heteroatoms. The molecule has 0 amide bonds. The summed E-state index contributed by atoms with van der Waals surface area (Å²) in [6.45, 7) is 0. The molecular weight excluding hydrogens is 811 g/mol. The molecule has 2 aliphatic heterocycles. The molecule has 2 aromatic heterocycles.